The maximum absolute atomic E-state index is 12.1. The van der Waals surface area contributed by atoms with Gasteiger partial charge < -0.3 is 10.1 Å². The molecule has 8 heteroatoms. The topological polar surface area (TPSA) is 67.8 Å². The molecule has 2 heterocycles. The number of aliphatic imine (C=N–C) groups is 1. The van der Waals surface area contributed by atoms with E-state index in [9.17, 15) is 9.59 Å². The first kappa shape index (κ1) is 18.4. The minimum atomic E-state index is -0.394. The molecule has 0 unspecified atom stereocenters. The van der Waals surface area contributed by atoms with Crippen molar-refractivity contribution in [3.05, 3.63) is 16.5 Å². The predicted octanol–water partition coefficient (Wildman–Crippen LogP) is 3.82. The molecular weight excluding hydrogens is 352 g/mol. The molecule has 1 aromatic rings. The molecule has 5 nitrogen and oxygen atoms in total. The fourth-order valence-corrected chi connectivity index (χ4v) is 4.72. The third-order valence-corrected chi connectivity index (χ3v) is 6.56. The summed E-state index contributed by atoms with van der Waals surface area (Å²) in [6.07, 6.45) is 0. The summed E-state index contributed by atoms with van der Waals surface area (Å²) in [4.78, 5) is 29.5. The van der Waals surface area contributed by atoms with E-state index in [-0.39, 0.29) is 11.8 Å². The minimum absolute atomic E-state index is 0.132. The number of thioether (sulfide) groups is 2. The van der Waals surface area contributed by atoms with Crippen LogP contribution in [-0.4, -0.2) is 40.9 Å². The molecule has 0 radical (unpaired) electrons. The van der Waals surface area contributed by atoms with Crippen LogP contribution in [0.3, 0.4) is 0 Å². The molecule has 0 spiro atoms. The van der Waals surface area contributed by atoms with Crippen molar-refractivity contribution in [2.45, 2.75) is 26.7 Å². The molecule has 1 N–H and O–H groups in total. The number of amides is 1. The summed E-state index contributed by atoms with van der Waals surface area (Å²) >= 11 is 4.54. The second-order valence-electron chi connectivity index (χ2n) is 5.10. The van der Waals surface area contributed by atoms with Crippen LogP contribution < -0.4 is 5.32 Å². The standard InChI is InChI=1S/C15H20N2O3S3/c1-4-20-14(19)10-7-11(9(2)3)23-13(10)17-12(18)8-22-15-16-5-6-21-15/h7,9H,4-6,8H2,1-3H3,(H,17,18). The van der Waals surface area contributed by atoms with Crippen LogP contribution in [0.1, 0.15) is 41.9 Å². The van der Waals surface area contributed by atoms with Crippen molar-refractivity contribution < 1.29 is 14.3 Å². The van der Waals surface area contributed by atoms with E-state index in [1.807, 2.05) is 6.07 Å². The number of thiophene rings is 1. The molecule has 0 atom stereocenters. The Morgan fingerprint density at radius 1 is 1.48 bits per heavy atom. The Bertz CT molecular complexity index is 611. The first-order valence-electron chi connectivity index (χ1n) is 7.42. The number of nitrogens with zero attached hydrogens (tertiary/aromatic N) is 1. The lowest BCUT2D eigenvalue weighted by molar-refractivity contribution is -0.113. The lowest BCUT2D eigenvalue weighted by Gasteiger charge is -2.05. The van der Waals surface area contributed by atoms with Crippen molar-refractivity contribution in [1.82, 2.24) is 0 Å². The summed E-state index contributed by atoms with van der Waals surface area (Å²) in [7, 11) is 0. The molecular formula is C15H20N2O3S3. The lowest BCUT2D eigenvalue weighted by atomic mass is 10.1. The first-order valence-corrected chi connectivity index (χ1v) is 10.2. The fraction of sp³-hybridized carbons (Fsp3) is 0.533. The number of carbonyl (C=O) groups is 2. The van der Waals surface area contributed by atoms with Crippen LogP contribution in [0.2, 0.25) is 0 Å². The van der Waals surface area contributed by atoms with Crippen LogP contribution in [0.4, 0.5) is 5.00 Å². The maximum atomic E-state index is 12.1. The van der Waals surface area contributed by atoms with Gasteiger partial charge in [-0.2, -0.15) is 0 Å². The predicted molar refractivity (Wildman–Crippen MR) is 100 cm³/mol. The largest absolute Gasteiger partial charge is 0.462 e. The van der Waals surface area contributed by atoms with Gasteiger partial charge >= 0.3 is 5.97 Å². The van der Waals surface area contributed by atoms with E-state index in [4.69, 9.17) is 4.74 Å². The zero-order chi connectivity index (χ0) is 16.8. The fourth-order valence-electron chi connectivity index (χ4n) is 1.84. The van der Waals surface area contributed by atoms with E-state index < -0.39 is 5.97 Å². The minimum Gasteiger partial charge on any atom is -0.462 e. The monoisotopic (exact) mass is 372 g/mol. The molecule has 0 bridgehead atoms. The summed E-state index contributed by atoms with van der Waals surface area (Å²) < 4.78 is 6.03. The number of ether oxygens (including phenoxy) is 1. The molecule has 0 aromatic carbocycles. The Morgan fingerprint density at radius 3 is 2.87 bits per heavy atom. The molecule has 0 saturated heterocycles. The molecule has 1 aromatic heterocycles. The molecule has 0 fully saturated rings. The molecule has 1 aliphatic heterocycles. The van der Waals surface area contributed by atoms with E-state index in [0.717, 1.165) is 21.6 Å². The van der Waals surface area contributed by atoms with Crippen molar-refractivity contribution in [3.8, 4) is 0 Å². The van der Waals surface area contributed by atoms with Gasteiger partial charge in [-0.25, -0.2) is 4.79 Å². The Balaban J connectivity index is 2.04. The quantitative estimate of drug-likeness (QED) is 0.769. The average Bonchev–Trinajstić information content (AvgIpc) is 3.14. The molecule has 1 amide bonds. The highest BCUT2D eigenvalue weighted by atomic mass is 32.2. The lowest BCUT2D eigenvalue weighted by Crippen LogP contribution is -2.16. The smallest absolute Gasteiger partial charge is 0.341 e. The Labute approximate surface area is 148 Å². The van der Waals surface area contributed by atoms with Crippen molar-refractivity contribution in [2.75, 3.05) is 30.0 Å². The highest BCUT2D eigenvalue weighted by molar-refractivity contribution is 8.39. The van der Waals surface area contributed by atoms with E-state index in [1.165, 1.54) is 23.1 Å². The second-order valence-corrected chi connectivity index (χ2v) is 8.49. The van der Waals surface area contributed by atoms with Crippen LogP contribution in [0, 0.1) is 0 Å². The highest BCUT2D eigenvalue weighted by Crippen LogP contribution is 2.33. The van der Waals surface area contributed by atoms with Gasteiger partial charge in [0, 0.05) is 10.6 Å². The Morgan fingerprint density at radius 2 is 2.26 bits per heavy atom. The van der Waals surface area contributed by atoms with Crippen LogP contribution in [0.5, 0.6) is 0 Å². The normalized spacial score (nSPS) is 14.0. The number of nitrogens with one attached hydrogen (secondary N) is 1. The van der Waals surface area contributed by atoms with Gasteiger partial charge in [0.05, 0.1) is 24.5 Å². The van der Waals surface area contributed by atoms with Gasteiger partial charge in [-0.1, -0.05) is 37.4 Å². The van der Waals surface area contributed by atoms with E-state index in [2.05, 4.69) is 24.2 Å². The van der Waals surface area contributed by atoms with Crippen LogP contribution >= 0.6 is 34.9 Å². The van der Waals surface area contributed by atoms with Gasteiger partial charge in [0.15, 0.2) is 0 Å². The zero-order valence-electron chi connectivity index (χ0n) is 13.4. The van der Waals surface area contributed by atoms with E-state index >= 15 is 0 Å². The van der Waals surface area contributed by atoms with Crippen molar-refractivity contribution in [1.29, 1.82) is 0 Å². The van der Waals surface area contributed by atoms with Gasteiger partial charge in [0.1, 0.15) is 9.38 Å². The summed E-state index contributed by atoms with van der Waals surface area (Å²) in [5, 5.41) is 3.41. The molecule has 1 aliphatic rings. The van der Waals surface area contributed by atoms with Gasteiger partial charge in [-0.3, -0.25) is 9.79 Å². The molecule has 23 heavy (non-hydrogen) atoms. The highest BCUT2D eigenvalue weighted by Gasteiger charge is 2.20. The molecule has 2 rings (SSSR count). The number of hydrogen-bond acceptors (Lipinski definition) is 7. The van der Waals surface area contributed by atoms with Crippen molar-refractivity contribution in [2.24, 2.45) is 4.99 Å². The number of rotatable bonds is 6. The third kappa shape index (κ3) is 5.26. The van der Waals surface area contributed by atoms with Crippen molar-refractivity contribution >= 4 is 56.1 Å². The van der Waals surface area contributed by atoms with Crippen molar-refractivity contribution in [3.63, 3.8) is 0 Å². The third-order valence-electron chi connectivity index (χ3n) is 2.95. The SMILES string of the molecule is CCOC(=O)c1cc(C(C)C)sc1NC(=O)CSC1=NCCS1. The van der Waals surface area contributed by atoms with Crippen LogP contribution in [0.15, 0.2) is 11.1 Å². The number of carbonyl (C=O) groups excluding carboxylic acids is 2. The van der Waals surface area contributed by atoms with Gasteiger partial charge in [0.2, 0.25) is 5.91 Å². The van der Waals surface area contributed by atoms with Gasteiger partial charge in [0.25, 0.3) is 0 Å². The molecule has 0 saturated carbocycles. The second kappa shape index (κ2) is 8.75. The first-order chi connectivity index (χ1) is 11.0. The average molecular weight is 373 g/mol. The van der Waals surface area contributed by atoms with E-state index in [1.54, 1.807) is 18.7 Å². The number of hydrogen-bond donors (Lipinski definition) is 1. The van der Waals surface area contributed by atoms with Crippen LogP contribution in [-0.2, 0) is 9.53 Å². The molecule has 0 aliphatic carbocycles. The van der Waals surface area contributed by atoms with Gasteiger partial charge in [-0.05, 0) is 18.9 Å². The number of esters is 1. The Kier molecular flexibility index (Phi) is 6.98. The summed E-state index contributed by atoms with van der Waals surface area (Å²) in [6, 6.07) is 1.81. The summed E-state index contributed by atoms with van der Waals surface area (Å²) in [5.41, 5.74) is 0.437. The van der Waals surface area contributed by atoms with E-state index in [0.29, 0.717) is 22.9 Å². The summed E-state index contributed by atoms with van der Waals surface area (Å²) in [6.45, 7) is 7.01. The zero-order valence-corrected chi connectivity index (χ0v) is 15.8. The molecule has 126 valence electrons. The summed E-state index contributed by atoms with van der Waals surface area (Å²) in [5.74, 6) is 1.04. The van der Waals surface area contributed by atoms with Crippen LogP contribution in [0.25, 0.3) is 0 Å². The Hall–Kier alpha value is -0.990. The van der Waals surface area contributed by atoms with Gasteiger partial charge in [-0.15, -0.1) is 11.3 Å². The number of anilines is 1. The maximum Gasteiger partial charge on any atom is 0.341 e.